The number of benzene rings is 3. The van der Waals surface area contributed by atoms with Crippen LogP contribution in [0, 0.1) is 0 Å². The van der Waals surface area contributed by atoms with Crippen LogP contribution < -0.4 is 24.4 Å². The molecule has 1 atom stereocenters. The summed E-state index contributed by atoms with van der Waals surface area (Å²) in [5, 5.41) is 1.00. The molecule has 3 heterocycles. The second kappa shape index (κ2) is 14.0. The first-order valence-corrected chi connectivity index (χ1v) is 16.6. The molecule has 2 aromatic heterocycles. The summed E-state index contributed by atoms with van der Waals surface area (Å²) in [4.78, 5) is 33.4. The molecule has 0 spiro atoms. The zero-order valence-electron chi connectivity index (χ0n) is 25.8. The van der Waals surface area contributed by atoms with Gasteiger partial charge in [-0.3, -0.25) is 9.36 Å². The maximum absolute atomic E-state index is 14.3. The van der Waals surface area contributed by atoms with Crippen LogP contribution in [0.5, 0.6) is 11.5 Å². The third-order valence-corrected chi connectivity index (χ3v) is 8.90. The number of carbonyl (C=O) groups is 1. The minimum Gasteiger partial charge on any atom is -0.490 e. The summed E-state index contributed by atoms with van der Waals surface area (Å²) in [6, 6.07) is 22.6. The SMILES string of the molecule is CCOC(=O)C1=C(c2ccccc2)N=c2s/c(=C/c3ccc(-c4cc(Cl)ccc4Cl)o3)c(=O)n2C1c1ccc(OCC)c(OCC)c1. The molecular weight excluding hydrogens is 659 g/mol. The lowest BCUT2D eigenvalue weighted by Crippen LogP contribution is -2.40. The van der Waals surface area contributed by atoms with Gasteiger partial charge in [0.2, 0.25) is 0 Å². The fourth-order valence-electron chi connectivity index (χ4n) is 5.38. The van der Waals surface area contributed by atoms with Gasteiger partial charge < -0.3 is 18.6 Å². The van der Waals surface area contributed by atoms with Gasteiger partial charge in [-0.05, 0) is 68.8 Å². The molecule has 0 amide bonds. The van der Waals surface area contributed by atoms with Gasteiger partial charge >= 0.3 is 5.97 Å². The summed E-state index contributed by atoms with van der Waals surface area (Å²) in [6.07, 6.45) is 1.66. The molecule has 6 rings (SSSR count). The smallest absolute Gasteiger partial charge is 0.338 e. The average molecular weight is 690 g/mol. The topological polar surface area (TPSA) is 92.3 Å². The molecule has 1 aliphatic heterocycles. The quantitative estimate of drug-likeness (QED) is 0.143. The van der Waals surface area contributed by atoms with Gasteiger partial charge in [0.1, 0.15) is 11.5 Å². The van der Waals surface area contributed by atoms with E-state index in [1.165, 1.54) is 15.9 Å². The molecule has 0 aliphatic carbocycles. The van der Waals surface area contributed by atoms with Crippen molar-refractivity contribution in [1.29, 1.82) is 0 Å². The normalized spacial score (nSPS) is 14.5. The Morgan fingerprint density at radius 3 is 2.45 bits per heavy atom. The van der Waals surface area contributed by atoms with E-state index in [-0.39, 0.29) is 17.7 Å². The van der Waals surface area contributed by atoms with Crippen molar-refractivity contribution in [3.8, 4) is 22.8 Å². The van der Waals surface area contributed by atoms with Crippen molar-refractivity contribution in [2.75, 3.05) is 19.8 Å². The summed E-state index contributed by atoms with van der Waals surface area (Å²) < 4.78 is 25.3. The van der Waals surface area contributed by atoms with Crippen molar-refractivity contribution in [2.24, 2.45) is 4.99 Å². The Kier molecular flexibility index (Phi) is 9.68. The van der Waals surface area contributed by atoms with Gasteiger partial charge in [0.05, 0.1) is 46.7 Å². The second-order valence-corrected chi connectivity index (χ2v) is 12.2. The number of nitrogens with zero attached hydrogens (tertiary/aromatic N) is 2. The van der Waals surface area contributed by atoms with E-state index < -0.39 is 12.0 Å². The third kappa shape index (κ3) is 6.52. The Balaban J connectivity index is 1.58. The number of ether oxygens (including phenoxy) is 3. The minimum atomic E-state index is -0.880. The number of thiazole rings is 1. The van der Waals surface area contributed by atoms with Gasteiger partial charge in [-0.25, -0.2) is 9.79 Å². The molecule has 240 valence electrons. The monoisotopic (exact) mass is 688 g/mol. The standard InChI is InChI=1S/C36H30Cl2N2O6S/c1-4-43-28-16-12-22(18-29(28)44-5-2)33-31(35(42)45-6-3)32(21-10-8-7-9-11-21)39-36-40(33)34(41)30(47-36)20-24-14-17-27(46-24)25-19-23(37)13-15-26(25)38/h7-20,33H,4-6H2,1-3H3/b30-20+. The minimum absolute atomic E-state index is 0.145. The average Bonchev–Trinajstić information content (AvgIpc) is 3.66. The van der Waals surface area contributed by atoms with Crippen LogP contribution in [0.1, 0.15) is 43.7 Å². The molecule has 8 nitrogen and oxygen atoms in total. The Bertz CT molecular complexity index is 2170. The van der Waals surface area contributed by atoms with Crippen LogP contribution in [0.15, 0.2) is 98.6 Å². The van der Waals surface area contributed by atoms with Gasteiger partial charge in [-0.2, -0.15) is 0 Å². The molecule has 11 heteroatoms. The maximum Gasteiger partial charge on any atom is 0.338 e. The highest BCUT2D eigenvalue weighted by Gasteiger charge is 2.35. The van der Waals surface area contributed by atoms with E-state index in [0.29, 0.717) is 78.0 Å². The molecule has 1 unspecified atom stereocenters. The fourth-order valence-corrected chi connectivity index (χ4v) is 6.75. The Labute approximate surface area is 284 Å². The van der Waals surface area contributed by atoms with Crippen molar-refractivity contribution in [3.63, 3.8) is 0 Å². The molecule has 1 aliphatic rings. The van der Waals surface area contributed by atoms with Crippen LogP contribution in [0.4, 0.5) is 0 Å². The van der Waals surface area contributed by atoms with Crippen LogP contribution in [0.2, 0.25) is 10.0 Å². The summed E-state index contributed by atoms with van der Waals surface area (Å²) >= 11 is 13.8. The van der Waals surface area contributed by atoms with Crippen LogP contribution in [0.25, 0.3) is 23.1 Å². The van der Waals surface area contributed by atoms with E-state index in [4.69, 9.17) is 46.8 Å². The van der Waals surface area contributed by atoms with Crippen molar-refractivity contribution >= 4 is 52.3 Å². The van der Waals surface area contributed by atoms with Crippen LogP contribution in [0.3, 0.4) is 0 Å². The zero-order valence-corrected chi connectivity index (χ0v) is 28.1. The van der Waals surface area contributed by atoms with E-state index in [2.05, 4.69) is 0 Å². The maximum atomic E-state index is 14.3. The first kappa shape index (κ1) is 32.4. The van der Waals surface area contributed by atoms with Crippen molar-refractivity contribution < 1.29 is 23.4 Å². The molecule has 47 heavy (non-hydrogen) atoms. The van der Waals surface area contributed by atoms with Gasteiger partial charge in [-0.15, -0.1) is 0 Å². The van der Waals surface area contributed by atoms with Crippen molar-refractivity contribution in [1.82, 2.24) is 4.57 Å². The first-order chi connectivity index (χ1) is 22.8. The fraction of sp³-hybridized carbons (Fsp3) is 0.194. The molecule has 0 saturated heterocycles. The van der Waals surface area contributed by atoms with Crippen molar-refractivity contribution in [2.45, 2.75) is 26.8 Å². The lowest BCUT2D eigenvalue weighted by Gasteiger charge is -2.26. The first-order valence-electron chi connectivity index (χ1n) is 15.1. The van der Waals surface area contributed by atoms with Crippen LogP contribution in [-0.2, 0) is 9.53 Å². The zero-order chi connectivity index (χ0) is 33.1. The third-order valence-electron chi connectivity index (χ3n) is 7.35. The van der Waals surface area contributed by atoms with Crippen molar-refractivity contribution in [3.05, 3.63) is 131 Å². The molecule has 0 bridgehead atoms. The summed E-state index contributed by atoms with van der Waals surface area (Å²) in [5.74, 6) is 1.42. The predicted molar refractivity (Wildman–Crippen MR) is 184 cm³/mol. The van der Waals surface area contributed by atoms with Gasteiger partial charge in [-0.1, -0.05) is 70.9 Å². The highest BCUT2D eigenvalue weighted by atomic mass is 35.5. The highest BCUT2D eigenvalue weighted by molar-refractivity contribution is 7.07. The van der Waals surface area contributed by atoms with E-state index in [1.54, 1.807) is 55.5 Å². The van der Waals surface area contributed by atoms with Crippen LogP contribution in [-0.4, -0.2) is 30.4 Å². The van der Waals surface area contributed by atoms with E-state index in [9.17, 15) is 9.59 Å². The van der Waals surface area contributed by atoms with Gasteiger partial charge in [0.15, 0.2) is 16.3 Å². The largest absolute Gasteiger partial charge is 0.490 e. The lowest BCUT2D eigenvalue weighted by molar-refractivity contribution is -0.138. The van der Waals surface area contributed by atoms with Crippen LogP contribution >= 0.6 is 34.5 Å². The van der Waals surface area contributed by atoms with Gasteiger partial charge in [0, 0.05) is 22.2 Å². The second-order valence-electron chi connectivity index (χ2n) is 10.3. The summed E-state index contributed by atoms with van der Waals surface area (Å²) in [6.45, 7) is 6.49. The number of fused-ring (bicyclic) bond motifs is 1. The van der Waals surface area contributed by atoms with Gasteiger partial charge in [0.25, 0.3) is 5.56 Å². The number of hydrogen-bond acceptors (Lipinski definition) is 8. The van der Waals surface area contributed by atoms with E-state index in [0.717, 1.165) is 0 Å². The summed E-state index contributed by atoms with van der Waals surface area (Å²) in [5.41, 5.74) is 2.28. The van der Waals surface area contributed by atoms with E-state index in [1.807, 2.05) is 50.2 Å². The number of furan rings is 1. The Morgan fingerprint density at radius 2 is 1.70 bits per heavy atom. The number of aromatic nitrogens is 1. The summed E-state index contributed by atoms with van der Waals surface area (Å²) in [7, 11) is 0. The number of halogens is 2. The molecule has 0 radical (unpaired) electrons. The molecule has 5 aromatic rings. The predicted octanol–water partition coefficient (Wildman–Crippen LogP) is 7.30. The number of esters is 1. The van der Waals surface area contributed by atoms with E-state index >= 15 is 0 Å². The Morgan fingerprint density at radius 1 is 0.936 bits per heavy atom. The lowest BCUT2D eigenvalue weighted by atomic mass is 9.93. The highest BCUT2D eigenvalue weighted by Crippen LogP contribution is 2.39. The number of rotatable bonds is 10. The molecule has 0 saturated carbocycles. The molecule has 0 fully saturated rings. The molecule has 0 N–H and O–H groups in total. The number of hydrogen-bond donors (Lipinski definition) is 0. The Hall–Kier alpha value is -4.57. The molecule has 3 aromatic carbocycles. The molecular formula is C36H30Cl2N2O6S. The number of carbonyl (C=O) groups excluding carboxylic acids is 1.